The average molecular weight is 534 g/mol. The van der Waals surface area contributed by atoms with Gasteiger partial charge in [-0.05, 0) is 71.2 Å². The molecule has 0 spiro atoms. The Hall–Kier alpha value is -3.91. The first kappa shape index (κ1) is 24.2. The van der Waals surface area contributed by atoms with Crippen molar-refractivity contribution >= 4 is 45.5 Å². The fraction of sp³-hybridized carbons (Fsp3) is 0.148. The Bertz CT molecular complexity index is 1320. The van der Waals surface area contributed by atoms with Crippen LogP contribution in [0, 0.1) is 13.8 Å². The number of urea groups is 1. The van der Waals surface area contributed by atoms with Crippen LogP contribution in [0.15, 0.2) is 76.9 Å². The summed E-state index contributed by atoms with van der Waals surface area (Å²) in [7, 11) is 0. The molecule has 3 aromatic carbocycles. The van der Waals surface area contributed by atoms with Crippen LogP contribution in [0.1, 0.15) is 22.3 Å². The summed E-state index contributed by atoms with van der Waals surface area (Å²) >= 11 is 3.44. The van der Waals surface area contributed by atoms with Gasteiger partial charge in [0.1, 0.15) is 11.4 Å². The second-order valence-electron chi connectivity index (χ2n) is 8.26. The van der Waals surface area contributed by atoms with E-state index < -0.39 is 6.03 Å². The molecule has 7 nitrogen and oxygen atoms in total. The molecular weight excluding hydrogens is 510 g/mol. The Labute approximate surface area is 211 Å². The number of aryl methyl sites for hydroxylation is 2. The van der Waals surface area contributed by atoms with Crippen LogP contribution in [-0.2, 0) is 16.1 Å². The third-order valence-electron chi connectivity index (χ3n) is 5.35. The molecule has 3 aromatic rings. The van der Waals surface area contributed by atoms with Crippen LogP contribution in [0.4, 0.5) is 10.5 Å². The number of nitrogens with zero attached hydrogens (tertiary/aromatic N) is 1. The summed E-state index contributed by atoms with van der Waals surface area (Å²) in [5.74, 6) is -0.185. The summed E-state index contributed by atoms with van der Waals surface area (Å²) in [5, 5.41) is 5.42. The molecule has 8 heteroatoms. The number of halogens is 1. The molecule has 35 heavy (non-hydrogen) atoms. The minimum absolute atomic E-state index is 0.157. The summed E-state index contributed by atoms with van der Waals surface area (Å²) in [5.41, 5.74) is 4.63. The van der Waals surface area contributed by atoms with Crippen LogP contribution in [0.25, 0.3) is 6.08 Å². The molecule has 0 bridgehead atoms. The highest BCUT2D eigenvalue weighted by Gasteiger charge is 2.33. The van der Waals surface area contributed by atoms with Crippen molar-refractivity contribution in [1.82, 2.24) is 10.2 Å². The van der Waals surface area contributed by atoms with Crippen molar-refractivity contribution in [2.24, 2.45) is 0 Å². The minimum atomic E-state index is -0.457. The van der Waals surface area contributed by atoms with Crippen LogP contribution in [0.5, 0.6) is 5.75 Å². The number of benzene rings is 3. The van der Waals surface area contributed by atoms with Gasteiger partial charge in [0.15, 0.2) is 6.61 Å². The number of rotatable bonds is 7. The smallest absolute Gasteiger partial charge is 0.329 e. The van der Waals surface area contributed by atoms with Gasteiger partial charge in [-0.2, -0.15) is 0 Å². The highest BCUT2D eigenvalue weighted by molar-refractivity contribution is 9.10. The molecule has 1 aliphatic rings. The Kier molecular flexibility index (Phi) is 7.31. The van der Waals surface area contributed by atoms with E-state index in [0.717, 1.165) is 16.7 Å². The topological polar surface area (TPSA) is 87.7 Å². The van der Waals surface area contributed by atoms with Gasteiger partial charge >= 0.3 is 6.03 Å². The lowest BCUT2D eigenvalue weighted by molar-refractivity contribution is -0.123. The van der Waals surface area contributed by atoms with Crippen LogP contribution >= 0.6 is 15.9 Å². The number of anilines is 1. The first-order chi connectivity index (χ1) is 16.8. The number of imide groups is 1. The molecule has 1 heterocycles. The zero-order chi connectivity index (χ0) is 24.9. The lowest BCUT2D eigenvalue weighted by Crippen LogP contribution is -2.30. The number of hydrogen-bond donors (Lipinski definition) is 2. The van der Waals surface area contributed by atoms with Crippen molar-refractivity contribution in [2.75, 3.05) is 11.9 Å². The Morgan fingerprint density at radius 2 is 1.80 bits per heavy atom. The highest BCUT2D eigenvalue weighted by atomic mass is 79.9. The van der Waals surface area contributed by atoms with Crippen LogP contribution in [-0.4, -0.2) is 29.4 Å². The number of carbonyl (C=O) groups excluding carboxylic acids is 3. The summed E-state index contributed by atoms with van der Waals surface area (Å²) < 4.78 is 6.24. The minimum Gasteiger partial charge on any atom is -0.483 e. The highest BCUT2D eigenvalue weighted by Crippen LogP contribution is 2.27. The normalized spacial score (nSPS) is 14.3. The average Bonchev–Trinajstić information content (AvgIpc) is 3.07. The van der Waals surface area contributed by atoms with E-state index in [2.05, 4.69) is 26.6 Å². The molecule has 0 unspecified atom stereocenters. The first-order valence-electron chi connectivity index (χ1n) is 11.0. The van der Waals surface area contributed by atoms with E-state index in [1.807, 2.05) is 62.4 Å². The lowest BCUT2D eigenvalue weighted by Gasteiger charge is -2.12. The fourth-order valence-electron chi connectivity index (χ4n) is 3.58. The molecule has 2 N–H and O–H groups in total. The Morgan fingerprint density at radius 1 is 1.03 bits per heavy atom. The quantitative estimate of drug-likeness (QED) is 0.323. The summed E-state index contributed by atoms with van der Waals surface area (Å²) in [6.45, 7) is 3.98. The van der Waals surface area contributed by atoms with Crippen molar-refractivity contribution in [3.8, 4) is 5.75 Å². The third-order valence-corrected chi connectivity index (χ3v) is 5.97. The zero-order valence-electron chi connectivity index (χ0n) is 19.3. The van der Waals surface area contributed by atoms with E-state index in [1.54, 1.807) is 24.3 Å². The molecule has 1 aliphatic heterocycles. The summed E-state index contributed by atoms with van der Waals surface area (Å²) in [4.78, 5) is 38.5. The van der Waals surface area contributed by atoms with Crippen molar-refractivity contribution in [3.63, 3.8) is 0 Å². The van der Waals surface area contributed by atoms with Gasteiger partial charge in [-0.1, -0.05) is 53.6 Å². The second-order valence-corrected chi connectivity index (χ2v) is 9.12. The maximum Gasteiger partial charge on any atom is 0.329 e. The van der Waals surface area contributed by atoms with Gasteiger partial charge in [0.25, 0.3) is 11.8 Å². The number of amides is 4. The molecule has 0 aliphatic carbocycles. The fourth-order valence-corrected chi connectivity index (χ4v) is 4.09. The number of carbonyl (C=O) groups is 3. The van der Waals surface area contributed by atoms with Crippen LogP contribution < -0.4 is 15.4 Å². The van der Waals surface area contributed by atoms with Gasteiger partial charge < -0.3 is 15.4 Å². The Balaban J connectivity index is 1.38. The van der Waals surface area contributed by atoms with E-state index in [4.69, 9.17) is 4.74 Å². The molecule has 0 atom stereocenters. The predicted octanol–water partition coefficient (Wildman–Crippen LogP) is 5.18. The molecule has 0 aromatic heterocycles. The van der Waals surface area contributed by atoms with Crippen molar-refractivity contribution < 1.29 is 19.1 Å². The molecule has 178 valence electrons. The van der Waals surface area contributed by atoms with E-state index >= 15 is 0 Å². The predicted molar refractivity (Wildman–Crippen MR) is 138 cm³/mol. The van der Waals surface area contributed by atoms with Crippen LogP contribution in [0.2, 0.25) is 0 Å². The molecule has 4 amide bonds. The van der Waals surface area contributed by atoms with Crippen molar-refractivity contribution in [2.45, 2.75) is 20.4 Å². The largest absolute Gasteiger partial charge is 0.483 e. The monoisotopic (exact) mass is 533 g/mol. The van der Waals surface area contributed by atoms with Gasteiger partial charge in [-0.25, -0.2) is 4.79 Å². The van der Waals surface area contributed by atoms with E-state index in [1.165, 1.54) is 4.90 Å². The van der Waals surface area contributed by atoms with E-state index in [0.29, 0.717) is 21.5 Å². The molecule has 1 fully saturated rings. The number of hydrogen-bond acceptors (Lipinski definition) is 4. The molecule has 0 saturated carbocycles. The van der Waals surface area contributed by atoms with Crippen LogP contribution in [0.3, 0.4) is 0 Å². The SMILES string of the molecule is Cc1ccc(NC(=O)COc2ccc(/C=C3/NC(=O)N(Cc4cccc(C)c4)C3=O)cc2Br)cc1. The first-order valence-corrected chi connectivity index (χ1v) is 11.8. The molecule has 4 rings (SSSR count). The maximum atomic E-state index is 12.8. The zero-order valence-corrected chi connectivity index (χ0v) is 20.9. The number of nitrogens with one attached hydrogen (secondary N) is 2. The van der Waals surface area contributed by atoms with Gasteiger partial charge in [0, 0.05) is 5.69 Å². The molecular formula is C27H24BrN3O4. The van der Waals surface area contributed by atoms with Gasteiger partial charge in [-0.15, -0.1) is 0 Å². The summed E-state index contributed by atoms with van der Waals surface area (Å²) in [6.07, 6.45) is 1.61. The molecule has 0 radical (unpaired) electrons. The lowest BCUT2D eigenvalue weighted by atomic mass is 10.1. The molecule has 1 saturated heterocycles. The van der Waals surface area contributed by atoms with Crippen molar-refractivity contribution in [1.29, 1.82) is 0 Å². The maximum absolute atomic E-state index is 12.8. The Morgan fingerprint density at radius 3 is 2.51 bits per heavy atom. The van der Waals surface area contributed by atoms with E-state index in [-0.39, 0.29) is 30.7 Å². The van der Waals surface area contributed by atoms with Gasteiger partial charge in [0.2, 0.25) is 0 Å². The van der Waals surface area contributed by atoms with Gasteiger partial charge in [0.05, 0.1) is 11.0 Å². The third kappa shape index (κ3) is 6.16. The van der Waals surface area contributed by atoms with Crippen molar-refractivity contribution in [3.05, 3.63) is 99.2 Å². The standard InChI is InChI=1S/C27H24BrN3O4/c1-17-6-9-21(10-7-17)29-25(32)16-35-24-11-8-19(13-22(24)28)14-23-26(33)31(27(34)30-23)15-20-5-3-4-18(2)12-20/h3-14H,15-16H2,1-2H3,(H,29,32)(H,30,34)/b23-14+. The van der Waals surface area contributed by atoms with E-state index in [9.17, 15) is 14.4 Å². The van der Waals surface area contributed by atoms with Gasteiger partial charge in [-0.3, -0.25) is 14.5 Å². The summed E-state index contributed by atoms with van der Waals surface area (Å²) in [6, 6.07) is 19.9. The second kappa shape index (κ2) is 10.6. The number of ether oxygens (including phenoxy) is 1.